The van der Waals surface area contributed by atoms with E-state index >= 15 is 0 Å². The topological polar surface area (TPSA) is 168 Å². The lowest BCUT2D eigenvalue weighted by molar-refractivity contribution is -0.427. The van der Waals surface area contributed by atoms with E-state index in [0.717, 1.165) is 62.9 Å². The second-order valence-corrected chi connectivity index (χ2v) is 13.4. The summed E-state index contributed by atoms with van der Waals surface area (Å²) in [5.41, 5.74) is 13.0. The van der Waals surface area contributed by atoms with Crippen molar-refractivity contribution in [2.75, 3.05) is 36.5 Å². The number of primary amides is 1. The van der Waals surface area contributed by atoms with Crippen molar-refractivity contribution in [3.63, 3.8) is 0 Å². The zero-order chi connectivity index (χ0) is 28.8. The van der Waals surface area contributed by atoms with Crippen LogP contribution in [0, 0.1) is 0 Å². The van der Waals surface area contributed by atoms with Crippen molar-refractivity contribution in [1.29, 1.82) is 0 Å². The first kappa shape index (κ1) is 27.3. The quantitative estimate of drug-likeness (QED) is 0.246. The molecule has 15 heteroatoms. The van der Waals surface area contributed by atoms with Gasteiger partial charge in [-0.3, -0.25) is 14.0 Å². The number of nitrogens with two attached hydrogens (primary N) is 1. The number of fused-ring (bicyclic) bond motifs is 2. The minimum absolute atomic E-state index is 0.0330. The van der Waals surface area contributed by atoms with E-state index in [2.05, 4.69) is 26.1 Å². The van der Waals surface area contributed by atoms with E-state index < -0.39 is 5.91 Å². The third kappa shape index (κ3) is 5.04. The van der Waals surface area contributed by atoms with Crippen molar-refractivity contribution in [1.82, 2.24) is 24.0 Å². The maximum atomic E-state index is 13.0. The molecule has 1 saturated heterocycles. The lowest BCUT2D eigenvalue weighted by Gasteiger charge is -2.28. The Morgan fingerprint density at radius 3 is 2.83 bits per heavy atom. The molecule has 5 aromatic heterocycles. The Balaban J connectivity index is 1.23. The summed E-state index contributed by atoms with van der Waals surface area (Å²) >= 11 is 4.46. The van der Waals surface area contributed by atoms with Crippen LogP contribution in [0.5, 0.6) is 0 Å². The average molecular weight is 625 g/mol. The van der Waals surface area contributed by atoms with Crippen LogP contribution < -0.4 is 27.1 Å². The van der Waals surface area contributed by atoms with Crippen LogP contribution in [0.4, 0.5) is 10.9 Å². The maximum absolute atomic E-state index is 13.0. The monoisotopic (exact) mass is 624 g/mol. The van der Waals surface area contributed by atoms with Gasteiger partial charge in [0.15, 0.2) is 11.1 Å². The SMILES string of the molecule is NC(=O)c1c(Cc2cc(-c3csc4c(=O)cc(N5CCOCC5)sc34)sn2)nc(N[C@H]2CCCC[C@H]2[NH3+])n2cnnc12. The van der Waals surface area contributed by atoms with E-state index in [1.54, 1.807) is 28.1 Å². The number of nitrogens with one attached hydrogen (secondary N) is 1. The number of hydrogen-bond acceptors (Lipinski definition) is 12. The number of morpholine rings is 1. The highest BCUT2D eigenvalue weighted by molar-refractivity contribution is 7.29. The van der Waals surface area contributed by atoms with Gasteiger partial charge >= 0.3 is 0 Å². The first-order valence-electron chi connectivity index (χ1n) is 13.9. The molecule has 7 rings (SSSR count). The van der Waals surface area contributed by atoms with Crippen LogP contribution in [0.3, 0.4) is 0 Å². The molecule has 0 spiro atoms. The molecule has 12 nitrogen and oxygen atoms in total. The van der Waals surface area contributed by atoms with Crippen LogP contribution in [0.15, 0.2) is 28.6 Å². The number of carbonyl (C=O) groups is 1. The minimum Gasteiger partial charge on any atom is -0.378 e. The number of nitrogens with zero attached hydrogens (tertiary/aromatic N) is 6. The summed E-state index contributed by atoms with van der Waals surface area (Å²) in [6.07, 6.45) is 6.18. The van der Waals surface area contributed by atoms with Gasteiger partial charge in [0.05, 0.1) is 49.9 Å². The number of quaternary nitrogens is 1. The predicted octanol–water partition coefficient (Wildman–Crippen LogP) is 2.38. The molecule has 5 aromatic rings. The highest BCUT2D eigenvalue weighted by Gasteiger charge is 2.28. The third-order valence-corrected chi connectivity index (χ3v) is 11.1. The molecule has 0 aromatic carbocycles. The highest BCUT2D eigenvalue weighted by Crippen LogP contribution is 2.40. The average Bonchev–Trinajstić information content (AvgIpc) is 3.75. The molecule has 218 valence electrons. The van der Waals surface area contributed by atoms with E-state index in [9.17, 15) is 9.59 Å². The highest BCUT2D eigenvalue weighted by atomic mass is 32.1. The van der Waals surface area contributed by atoms with Crippen LogP contribution in [-0.2, 0) is 11.2 Å². The fraction of sp³-hybridized carbons (Fsp3) is 0.407. The van der Waals surface area contributed by atoms with E-state index in [4.69, 9.17) is 19.8 Å². The summed E-state index contributed by atoms with van der Waals surface area (Å²) in [4.78, 5) is 33.6. The Kier molecular flexibility index (Phi) is 7.35. The van der Waals surface area contributed by atoms with Gasteiger partial charge in [0.25, 0.3) is 5.91 Å². The van der Waals surface area contributed by atoms with Gasteiger partial charge in [-0.15, -0.1) is 32.9 Å². The van der Waals surface area contributed by atoms with Crippen LogP contribution >= 0.6 is 34.2 Å². The summed E-state index contributed by atoms with van der Waals surface area (Å²) in [5.74, 6) is -0.0512. The summed E-state index contributed by atoms with van der Waals surface area (Å²) < 4.78 is 13.6. The van der Waals surface area contributed by atoms with Crippen LogP contribution in [0.1, 0.15) is 47.4 Å². The molecule has 0 unspecified atom stereocenters. The number of rotatable bonds is 7. The van der Waals surface area contributed by atoms with Crippen molar-refractivity contribution in [3.8, 4) is 10.4 Å². The first-order valence-corrected chi connectivity index (χ1v) is 16.4. The van der Waals surface area contributed by atoms with Gasteiger partial charge in [0.2, 0.25) is 5.95 Å². The Labute approximate surface area is 252 Å². The normalized spacial score (nSPS) is 19.5. The van der Waals surface area contributed by atoms with Crippen molar-refractivity contribution < 1.29 is 15.3 Å². The van der Waals surface area contributed by atoms with E-state index in [-0.39, 0.29) is 23.1 Å². The standard InChI is InChI=1S/C27H29N9O3S3/c28-16-3-1-2-4-17(16)31-27-32-18(22(25(29)38)26-33-30-13-36(26)27)9-14-10-20(42-34-14)15-12-40-24-19(37)11-21(41-23(15)24)35-5-7-39-8-6-35/h10-13,16-17H,1-9,28H2,(H2,29,38)(H,31,32)/p+1/t16-,17+/m1/s1. The number of hydrogen-bond donors (Lipinski definition) is 3. The van der Waals surface area contributed by atoms with E-state index in [1.807, 2.05) is 11.4 Å². The Morgan fingerprint density at radius 1 is 1.19 bits per heavy atom. The van der Waals surface area contributed by atoms with Gasteiger partial charge in [0, 0.05) is 42.9 Å². The molecular weight excluding hydrogens is 595 g/mol. The van der Waals surface area contributed by atoms with Gasteiger partial charge in [0.1, 0.15) is 17.9 Å². The van der Waals surface area contributed by atoms with Crippen molar-refractivity contribution in [2.24, 2.45) is 5.73 Å². The van der Waals surface area contributed by atoms with E-state index in [1.165, 1.54) is 29.3 Å². The number of amides is 1. The molecule has 1 amide bonds. The number of ether oxygens (including phenoxy) is 1. The lowest BCUT2D eigenvalue weighted by atomic mass is 9.91. The summed E-state index contributed by atoms with van der Waals surface area (Å²) in [6.45, 7) is 2.85. The second-order valence-electron chi connectivity index (χ2n) is 10.7. The molecule has 2 aliphatic rings. The molecule has 2 atom stereocenters. The Hall–Kier alpha value is -3.50. The second kappa shape index (κ2) is 11.3. The molecule has 1 saturated carbocycles. The number of anilines is 2. The molecule has 0 radical (unpaired) electrons. The van der Waals surface area contributed by atoms with Gasteiger partial charge in [-0.05, 0) is 30.4 Å². The van der Waals surface area contributed by atoms with Crippen LogP contribution in [-0.4, -0.2) is 68.2 Å². The van der Waals surface area contributed by atoms with Gasteiger partial charge in [-0.1, -0.05) is 6.42 Å². The van der Waals surface area contributed by atoms with Gasteiger partial charge in [-0.2, -0.15) is 4.37 Å². The van der Waals surface area contributed by atoms with Crippen molar-refractivity contribution in [2.45, 2.75) is 44.2 Å². The number of carbonyl (C=O) groups excluding carboxylic acids is 1. The molecule has 1 aliphatic heterocycles. The van der Waals surface area contributed by atoms with Crippen LogP contribution in [0.25, 0.3) is 25.5 Å². The largest absolute Gasteiger partial charge is 0.378 e. The molecule has 1 aliphatic carbocycles. The fourth-order valence-corrected chi connectivity index (χ4v) is 9.00. The summed E-state index contributed by atoms with van der Waals surface area (Å²) in [7, 11) is 0. The van der Waals surface area contributed by atoms with Gasteiger partial charge in [-0.25, -0.2) is 4.98 Å². The molecular formula is C27H30N9O3S3+. The first-order chi connectivity index (χ1) is 20.5. The zero-order valence-electron chi connectivity index (χ0n) is 22.7. The summed E-state index contributed by atoms with van der Waals surface area (Å²) in [5, 5.41) is 14.8. The molecule has 2 fully saturated rings. The van der Waals surface area contributed by atoms with E-state index in [0.29, 0.717) is 36.9 Å². The smallest absolute Gasteiger partial charge is 0.254 e. The maximum Gasteiger partial charge on any atom is 0.254 e. The molecule has 6 N–H and O–H groups in total. The zero-order valence-corrected chi connectivity index (χ0v) is 25.2. The predicted molar refractivity (Wildman–Crippen MR) is 165 cm³/mol. The summed E-state index contributed by atoms with van der Waals surface area (Å²) in [6, 6.07) is 4.17. The number of thiophene rings is 1. The third-order valence-electron chi connectivity index (χ3n) is 7.93. The van der Waals surface area contributed by atoms with Crippen molar-refractivity contribution >= 4 is 66.1 Å². The molecule has 6 heterocycles. The Morgan fingerprint density at radius 2 is 2.02 bits per heavy atom. The van der Waals surface area contributed by atoms with Crippen LogP contribution in [0.2, 0.25) is 0 Å². The fourth-order valence-electron chi connectivity index (χ4n) is 5.71. The minimum atomic E-state index is -0.616. The lowest BCUT2D eigenvalue weighted by Crippen LogP contribution is -2.68. The Bertz CT molecular complexity index is 1840. The molecule has 0 bridgehead atoms. The number of aromatic nitrogens is 5. The van der Waals surface area contributed by atoms with Gasteiger partial charge < -0.3 is 26.4 Å². The molecule has 42 heavy (non-hydrogen) atoms. The van der Waals surface area contributed by atoms with Crippen molar-refractivity contribution in [3.05, 3.63) is 51.0 Å².